The summed E-state index contributed by atoms with van der Waals surface area (Å²) in [5.74, 6) is 0. The Balaban J connectivity index is 2.30. The Morgan fingerprint density at radius 2 is 2.46 bits per heavy atom. The highest BCUT2D eigenvalue weighted by Gasteiger charge is 2.00. The fourth-order valence-corrected chi connectivity index (χ4v) is 1.43. The molecular formula is C8H9BrN2OS. The molecule has 1 aromatic rings. The third kappa shape index (κ3) is 4.10. The van der Waals surface area contributed by atoms with Crippen molar-refractivity contribution >= 4 is 38.3 Å². The fraction of sp³-hybridized carbons (Fsp3) is 0.125. The van der Waals surface area contributed by atoms with Gasteiger partial charge in [-0.3, -0.25) is 5.32 Å². The Morgan fingerprint density at radius 1 is 1.69 bits per heavy atom. The minimum atomic E-state index is -0.219. The molecule has 2 N–H and O–H groups in total. The van der Waals surface area contributed by atoms with Gasteiger partial charge in [0.15, 0.2) is 0 Å². The van der Waals surface area contributed by atoms with E-state index in [1.165, 1.54) is 11.3 Å². The molecule has 0 saturated carbocycles. The Morgan fingerprint density at radius 3 is 3.00 bits per heavy atom. The molecule has 0 aliphatic rings. The van der Waals surface area contributed by atoms with Crippen LogP contribution in [0.25, 0.3) is 0 Å². The third-order valence-corrected chi connectivity index (χ3v) is 2.26. The maximum absolute atomic E-state index is 11.1. The number of urea groups is 1. The molecule has 1 rings (SSSR count). The predicted octanol–water partition coefficient (Wildman–Crippen LogP) is 2.78. The molecule has 13 heavy (non-hydrogen) atoms. The molecule has 0 aromatic carbocycles. The Kier molecular flexibility index (Phi) is 3.98. The molecule has 0 saturated heterocycles. The van der Waals surface area contributed by atoms with Crippen molar-refractivity contribution < 1.29 is 4.79 Å². The molecule has 0 aliphatic carbocycles. The zero-order valence-corrected chi connectivity index (χ0v) is 9.24. The van der Waals surface area contributed by atoms with Crippen LogP contribution in [0.3, 0.4) is 0 Å². The predicted molar refractivity (Wildman–Crippen MR) is 59.4 cm³/mol. The van der Waals surface area contributed by atoms with Gasteiger partial charge in [0.05, 0.1) is 11.5 Å². The first-order valence-electron chi connectivity index (χ1n) is 3.60. The molecule has 70 valence electrons. The topological polar surface area (TPSA) is 41.1 Å². The van der Waals surface area contributed by atoms with E-state index in [4.69, 9.17) is 0 Å². The van der Waals surface area contributed by atoms with Crippen molar-refractivity contribution in [2.24, 2.45) is 0 Å². The lowest BCUT2D eigenvalue weighted by Crippen LogP contribution is -2.29. The highest BCUT2D eigenvalue weighted by Crippen LogP contribution is 2.14. The second-order valence-electron chi connectivity index (χ2n) is 2.30. The summed E-state index contributed by atoms with van der Waals surface area (Å²) in [4.78, 5) is 11.1. The molecular weight excluding hydrogens is 252 g/mol. The molecule has 0 fully saturated rings. The summed E-state index contributed by atoms with van der Waals surface area (Å²) in [5, 5.41) is 8.05. The van der Waals surface area contributed by atoms with E-state index in [9.17, 15) is 4.79 Å². The average molecular weight is 261 g/mol. The van der Waals surface area contributed by atoms with Crippen molar-refractivity contribution in [3.8, 4) is 0 Å². The Labute approximate surface area is 89.0 Å². The lowest BCUT2D eigenvalue weighted by atomic mass is 10.6. The number of rotatable bonds is 3. The third-order valence-electron chi connectivity index (χ3n) is 1.20. The Hall–Kier alpha value is -0.810. The average Bonchev–Trinajstić information content (AvgIpc) is 2.53. The summed E-state index contributed by atoms with van der Waals surface area (Å²) in [5.41, 5.74) is 0. The first-order chi connectivity index (χ1) is 6.18. The van der Waals surface area contributed by atoms with Gasteiger partial charge < -0.3 is 5.32 Å². The molecule has 0 unspecified atom stereocenters. The number of hydrogen-bond acceptors (Lipinski definition) is 2. The molecule has 1 aromatic heterocycles. The molecule has 0 spiro atoms. The van der Waals surface area contributed by atoms with Crippen molar-refractivity contribution in [3.63, 3.8) is 0 Å². The smallest absolute Gasteiger partial charge is 0.320 e. The zero-order valence-electron chi connectivity index (χ0n) is 6.84. The minimum Gasteiger partial charge on any atom is -0.333 e. The van der Waals surface area contributed by atoms with Crippen LogP contribution in [0.1, 0.15) is 0 Å². The first kappa shape index (κ1) is 10.3. The van der Waals surface area contributed by atoms with Crippen molar-refractivity contribution in [2.75, 3.05) is 11.9 Å². The van der Waals surface area contributed by atoms with Gasteiger partial charge in [-0.2, -0.15) is 0 Å². The van der Waals surface area contributed by atoms with Crippen LogP contribution in [0.5, 0.6) is 0 Å². The van der Waals surface area contributed by atoms with Gasteiger partial charge in [-0.05, 0) is 17.5 Å². The van der Waals surface area contributed by atoms with Gasteiger partial charge in [0.1, 0.15) is 0 Å². The normalized spacial score (nSPS) is 9.31. The first-order valence-corrected chi connectivity index (χ1v) is 5.27. The maximum atomic E-state index is 11.1. The summed E-state index contributed by atoms with van der Waals surface area (Å²) in [7, 11) is 0. The molecule has 2 amide bonds. The maximum Gasteiger partial charge on any atom is 0.320 e. The van der Waals surface area contributed by atoms with Gasteiger partial charge in [0, 0.05) is 4.48 Å². The lowest BCUT2D eigenvalue weighted by Gasteiger charge is -2.03. The fourth-order valence-electron chi connectivity index (χ4n) is 0.682. The van der Waals surface area contributed by atoms with E-state index >= 15 is 0 Å². The van der Waals surface area contributed by atoms with E-state index in [-0.39, 0.29) is 6.03 Å². The van der Waals surface area contributed by atoms with Gasteiger partial charge in [-0.15, -0.1) is 11.3 Å². The van der Waals surface area contributed by atoms with E-state index in [0.717, 1.165) is 9.48 Å². The van der Waals surface area contributed by atoms with Crippen LogP contribution in [0, 0.1) is 0 Å². The summed E-state index contributed by atoms with van der Waals surface area (Å²) in [6.45, 7) is 4.03. The second kappa shape index (κ2) is 5.04. The van der Waals surface area contributed by atoms with Gasteiger partial charge in [0.2, 0.25) is 0 Å². The van der Waals surface area contributed by atoms with E-state index in [2.05, 4.69) is 33.1 Å². The number of thiophene rings is 1. The van der Waals surface area contributed by atoms with Crippen LogP contribution in [0.4, 0.5) is 9.80 Å². The number of nitrogens with one attached hydrogen (secondary N) is 2. The van der Waals surface area contributed by atoms with Gasteiger partial charge in [0.25, 0.3) is 0 Å². The van der Waals surface area contributed by atoms with E-state index in [0.29, 0.717) is 6.54 Å². The van der Waals surface area contributed by atoms with Crippen LogP contribution < -0.4 is 10.6 Å². The number of carbonyl (C=O) groups is 1. The number of anilines is 1. The van der Waals surface area contributed by atoms with Crippen LogP contribution >= 0.6 is 27.3 Å². The van der Waals surface area contributed by atoms with Gasteiger partial charge >= 0.3 is 6.03 Å². The van der Waals surface area contributed by atoms with Crippen LogP contribution in [-0.4, -0.2) is 12.6 Å². The minimum absolute atomic E-state index is 0.219. The van der Waals surface area contributed by atoms with Crippen LogP contribution in [0.15, 0.2) is 28.6 Å². The highest BCUT2D eigenvalue weighted by molar-refractivity contribution is 9.11. The highest BCUT2D eigenvalue weighted by atomic mass is 79.9. The Bertz CT molecular complexity index is 297. The molecule has 1 heterocycles. The van der Waals surface area contributed by atoms with Crippen molar-refractivity contribution in [2.45, 2.75) is 0 Å². The van der Waals surface area contributed by atoms with Crippen LogP contribution in [-0.2, 0) is 0 Å². The number of amides is 2. The SMILES string of the molecule is C=C(Br)CNC(=O)Nc1cccs1. The van der Waals surface area contributed by atoms with E-state index in [1.807, 2.05) is 17.5 Å². The standard InChI is InChI=1S/C8H9BrN2OS/c1-6(9)5-10-8(12)11-7-3-2-4-13-7/h2-4H,1,5H2,(H2,10,11,12). The molecule has 5 heteroatoms. The summed E-state index contributed by atoms with van der Waals surface area (Å²) >= 11 is 4.63. The largest absolute Gasteiger partial charge is 0.333 e. The molecule has 0 atom stereocenters. The lowest BCUT2D eigenvalue weighted by molar-refractivity contribution is 0.253. The molecule has 0 radical (unpaired) electrons. The van der Waals surface area contributed by atoms with E-state index in [1.54, 1.807) is 0 Å². The number of halogens is 1. The van der Waals surface area contributed by atoms with Crippen LogP contribution in [0.2, 0.25) is 0 Å². The summed E-state index contributed by atoms with van der Waals surface area (Å²) in [6.07, 6.45) is 0. The van der Waals surface area contributed by atoms with Gasteiger partial charge in [-0.25, -0.2) is 4.79 Å². The molecule has 0 aliphatic heterocycles. The second-order valence-corrected chi connectivity index (χ2v) is 4.37. The summed E-state index contributed by atoms with van der Waals surface area (Å²) < 4.78 is 0.744. The quantitative estimate of drug-likeness (QED) is 0.863. The summed E-state index contributed by atoms with van der Waals surface area (Å²) in [6, 6.07) is 3.50. The number of carbonyl (C=O) groups excluding carboxylic acids is 1. The van der Waals surface area contributed by atoms with Crippen molar-refractivity contribution in [1.82, 2.24) is 5.32 Å². The van der Waals surface area contributed by atoms with Gasteiger partial charge in [-0.1, -0.05) is 22.5 Å². The van der Waals surface area contributed by atoms with Crippen molar-refractivity contribution in [1.29, 1.82) is 0 Å². The van der Waals surface area contributed by atoms with Crippen molar-refractivity contribution in [3.05, 3.63) is 28.6 Å². The number of hydrogen-bond donors (Lipinski definition) is 2. The molecule has 0 bridgehead atoms. The van der Waals surface area contributed by atoms with E-state index < -0.39 is 0 Å². The molecule has 3 nitrogen and oxygen atoms in total. The monoisotopic (exact) mass is 260 g/mol. The zero-order chi connectivity index (χ0) is 9.68.